The lowest BCUT2D eigenvalue weighted by molar-refractivity contribution is -0.273. The molecule has 1 aromatic heterocycles. The maximum atomic E-state index is 11.6. The Morgan fingerprint density at radius 2 is 1.61 bits per heavy atom. The highest BCUT2D eigenvalue weighted by Gasteiger charge is 2.31. The van der Waals surface area contributed by atoms with Crippen molar-refractivity contribution in [1.82, 2.24) is 20.2 Å². The first-order valence-corrected chi connectivity index (χ1v) is 22.1. The van der Waals surface area contributed by atoms with Gasteiger partial charge in [-0.05, 0) is 93.9 Å². The van der Waals surface area contributed by atoms with E-state index in [0.717, 1.165) is 83.7 Å². The third-order valence-corrected chi connectivity index (χ3v) is 10.5. The predicted octanol–water partition coefficient (Wildman–Crippen LogP) is 12.6. The van der Waals surface area contributed by atoms with Gasteiger partial charge in [0.05, 0.1) is 21.9 Å². The first kappa shape index (κ1) is 50.7. The van der Waals surface area contributed by atoms with Crippen molar-refractivity contribution in [2.45, 2.75) is 147 Å². The number of carboxylic acid groups (broad SMARTS) is 1. The van der Waals surface area contributed by atoms with Crippen molar-refractivity contribution in [3.63, 3.8) is 0 Å². The van der Waals surface area contributed by atoms with Crippen molar-refractivity contribution < 1.29 is 25.1 Å². The largest absolute Gasteiger partial charge is 0.478 e. The molecule has 0 amide bonds. The van der Waals surface area contributed by atoms with Gasteiger partial charge in [0.15, 0.2) is 0 Å². The number of quaternary nitrogens is 1. The number of ether oxygens (including phenoxy) is 1. The van der Waals surface area contributed by atoms with Gasteiger partial charge in [0.2, 0.25) is 11.6 Å². The highest BCUT2D eigenvalue weighted by Crippen LogP contribution is 2.31. The van der Waals surface area contributed by atoms with Crippen LogP contribution in [0.1, 0.15) is 143 Å². The number of aryl methyl sites for hydroxylation is 2. The summed E-state index contributed by atoms with van der Waals surface area (Å²) in [6, 6.07) is 13.1. The SMILES string of the molecule is CC(C)C.CC1CC1.C\C=C(/N=C(C)\C(=C/CC)\C=C(/C)C(C)(C)C)C1CCCCC(COc2cc(-c3c(C)cccc3C)nc(N[N+](O)(O)c3cccc(C(=O)O)c3)n2)N1. The van der Waals surface area contributed by atoms with Crippen LogP contribution >= 0.6 is 0 Å². The topological polar surface area (TPSA) is 149 Å². The van der Waals surface area contributed by atoms with E-state index in [-0.39, 0.29) is 40.6 Å². The minimum absolute atomic E-state index is 0.000905. The number of aliphatic imine (C=N–C) groups is 1. The first-order chi connectivity index (χ1) is 28.6. The van der Waals surface area contributed by atoms with Gasteiger partial charge in [-0.25, -0.2) is 9.78 Å². The number of nitrogens with zero attached hydrogens (tertiary/aromatic N) is 4. The molecule has 0 radical (unpaired) electrons. The van der Waals surface area contributed by atoms with Crippen LogP contribution in [0.5, 0.6) is 5.88 Å². The van der Waals surface area contributed by atoms with Crippen molar-refractivity contribution in [3.05, 3.63) is 100 Å². The minimum Gasteiger partial charge on any atom is -0.478 e. The molecule has 3 aromatic rings. The fraction of sp³-hybridized carbons (Fsp3) is 0.520. The molecule has 1 saturated heterocycles. The standard InChI is InChI=1S/C42H56N6O5.C4H8.C4H10/c1-10-16-31(23-29(5)42(7,8)9)30(6)43-35(11-2)36-22-13-12-20-33(44-36)26-53-38-25-37(39-27(3)17-14-18-28(39)4)45-41(46-38)47-48(51,52)34-21-15-19-32(24-34)40(49)50;1-4-2-3-4;1-4(2)3/h11,14-19,21,23-25,33,36,44,51-52H,10,12-13,20,22,26H2,1-9H3,(H-,45,46,47,49,50);4H,2-3H2,1H3;4H,1-3H3/p+1/b29-23+,31-16-,35-11-,43-30-;;. The molecule has 1 saturated carbocycles. The van der Waals surface area contributed by atoms with Crippen LogP contribution in [-0.2, 0) is 0 Å². The van der Waals surface area contributed by atoms with Crippen LogP contribution in [0.15, 0.2) is 88.6 Å². The Balaban J connectivity index is 0.00000112. The van der Waals surface area contributed by atoms with Crippen LogP contribution in [0.3, 0.4) is 0 Å². The average molecular weight is 840 g/mol. The van der Waals surface area contributed by atoms with Gasteiger partial charge in [0.1, 0.15) is 6.61 Å². The van der Waals surface area contributed by atoms with E-state index >= 15 is 0 Å². The Morgan fingerprint density at radius 1 is 1.00 bits per heavy atom. The lowest BCUT2D eigenvalue weighted by Gasteiger charge is -2.24. The van der Waals surface area contributed by atoms with E-state index in [4.69, 9.17) is 9.73 Å². The Bertz CT molecular complexity index is 2000. The van der Waals surface area contributed by atoms with Gasteiger partial charge in [-0.15, -0.1) is 15.8 Å². The summed E-state index contributed by atoms with van der Waals surface area (Å²) in [4.78, 5) is 24.0. The molecule has 334 valence electrons. The smallest absolute Gasteiger partial charge is 0.335 e. The maximum Gasteiger partial charge on any atom is 0.335 e. The van der Waals surface area contributed by atoms with Crippen LogP contribution in [0.25, 0.3) is 11.3 Å². The summed E-state index contributed by atoms with van der Waals surface area (Å²) in [6.45, 7) is 28.2. The number of carbonyl (C=O) groups is 1. The summed E-state index contributed by atoms with van der Waals surface area (Å²) in [5.74, 6) is 0.845. The number of aromatic nitrogens is 2. The number of rotatable bonds is 13. The van der Waals surface area contributed by atoms with E-state index in [1.807, 2.05) is 39.0 Å². The molecule has 2 aliphatic rings. The van der Waals surface area contributed by atoms with Crippen LogP contribution in [0.2, 0.25) is 0 Å². The lowest BCUT2D eigenvalue weighted by Crippen LogP contribution is -2.48. The van der Waals surface area contributed by atoms with Gasteiger partial charge in [-0.1, -0.05) is 129 Å². The molecular weight excluding hydrogens is 765 g/mol. The van der Waals surface area contributed by atoms with E-state index < -0.39 is 10.9 Å². The van der Waals surface area contributed by atoms with Crippen LogP contribution < -0.4 is 20.4 Å². The van der Waals surface area contributed by atoms with Crippen molar-refractivity contribution in [2.24, 2.45) is 22.2 Å². The van der Waals surface area contributed by atoms with Gasteiger partial charge in [-0.2, -0.15) is 4.98 Å². The summed E-state index contributed by atoms with van der Waals surface area (Å²) < 4.78 is 6.37. The Kier molecular flexibility index (Phi) is 19.5. The van der Waals surface area contributed by atoms with Crippen molar-refractivity contribution in [1.29, 1.82) is 0 Å². The molecule has 2 atom stereocenters. The van der Waals surface area contributed by atoms with Crippen LogP contribution in [0, 0.1) is 31.1 Å². The maximum absolute atomic E-state index is 11.6. The minimum atomic E-state index is -1.88. The molecule has 2 unspecified atom stereocenters. The average Bonchev–Trinajstić information content (AvgIpc) is 4.01. The second-order valence-electron chi connectivity index (χ2n) is 18.2. The van der Waals surface area contributed by atoms with Gasteiger partial charge >= 0.3 is 5.97 Å². The molecule has 0 bridgehead atoms. The quantitative estimate of drug-likeness (QED) is 0.0491. The number of hydrogen-bond acceptors (Lipinski definition) is 9. The van der Waals surface area contributed by atoms with E-state index in [9.17, 15) is 20.3 Å². The third-order valence-electron chi connectivity index (χ3n) is 10.5. The molecule has 2 fully saturated rings. The van der Waals surface area contributed by atoms with E-state index in [2.05, 4.69) is 108 Å². The van der Waals surface area contributed by atoms with E-state index in [0.29, 0.717) is 12.3 Å². The number of aromatic carboxylic acids is 1. The van der Waals surface area contributed by atoms with Gasteiger partial charge in [-0.3, -0.25) is 4.99 Å². The molecule has 5 rings (SSSR count). The molecule has 61 heavy (non-hydrogen) atoms. The highest BCUT2D eigenvalue weighted by molar-refractivity contribution is 6.01. The monoisotopic (exact) mass is 840 g/mol. The van der Waals surface area contributed by atoms with E-state index in [1.54, 1.807) is 6.07 Å². The number of anilines is 1. The zero-order valence-electron chi connectivity index (χ0n) is 39.3. The summed E-state index contributed by atoms with van der Waals surface area (Å²) in [7, 11) is 0. The molecular formula is C50H75N6O5+. The van der Waals surface area contributed by atoms with Gasteiger partial charge in [0.25, 0.3) is 5.95 Å². The Hall–Kier alpha value is -4.68. The molecule has 5 N–H and O–H groups in total. The second-order valence-corrected chi connectivity index (χ2v) is 18.2. The Morgan fingerprint density at radius 3 is 2.16 bits per heavy atom. The Labute approximate surface area is 366 Å². The zero-order valence-corrected chi connectivity index (χ0v) is 39.3. The normalized spacial score (nSPS) is 18.0. The number of allylic oxidation sites excluding steroid dienone is 5. The van der Waals surface area contributed by atoms with Gasteiger partial charge < -0.3 is 15.2 Å². The van der Waals surface area contributed by atoms with Crippen molar-refractivity contribution in [2.75, 3.05) is 12.0 Å². The second kappa shape index (κ2) is 23.5. The number of hydrogen-bond donors (Lipinski definition) is 5. The van der Waals surface area contributed by atoms with Gasteiger partial charge in [0, 0.05) is 41.6 Å². The molecule has 11 nitrogen and oxygen atoms in total. The predicted molar refractivity (Wildman–Crippen MR) is 251 cm³/mol. The highest BCUT2D eigenvalue weighted by atomic mass is 16.9. The molecule has 1 aliphatic carbocycles. The molecule has 11 heteroatoms. The fourth-order valence-corrected chi connectivity index (χ4v) is 6.42. The molecule has 2 heterocycles. The molecule has 2 aromatic carbocycles. The number of nitrogens with one attached hydrogen (secondary N) is 2. The van der Waals surface area contributed by atoms with Crippen LogP contribution in [0.4, 0.5) is 11.6 Å². The van der Waals surface area contributed by atoms with Crippen molar-refractivity contribution in [3.8, 4) is 17.1 Å². The van der Waals surface area contributed by atoms with Crippen LogP contribution in [-0.4, -0.2) is 55.9 Å². The molecule has 0 spiro atoms. The summed E-state index contributed by atoms with van der Waals surface area (Å²) in [5.41, 5.74) is 10.1. The fourth-order valence-electron chi connectivity index (χ4n) is 6.42. The summed E-state index contributed by atoms with van der Waals surface area (Å²) >= 11 is 0. The number of carboxylic acids is 1. The van der Waals surface area contributed by atoms with E-state index in [1.165, 1.54) is 36.6 Å². The third kappa shape index (κ3) is 17.0. The molecule has 1 aliphatic heterocycles. The lowest BCUT2D eigenvalue weighted by atomic mass is 9.86. The summed E-state index contributed by atoms with van der Waals surface area (Å²) in [5, 5.41) is 35.3. The number of benzene rings is 2. The van der Waals surface area contributed by atoms with Crippen molar-refractivity contribution >= 4 is 23.3 Å². The zero-order chi connectivity index (χ0) is 45.5. The summed E-state index contributed by atoms with van der Waals surface area (Å²) in [6.07, 6.45) is 14.4. The first-order valence-electron chi connectivity index (χ1n) is 22.1.